The van der Waals surface area contributed by atoms with Gasteiger partial charge in [-0.05, 0) is 37.0 Å². The van der Waals surface area contributed by atoms with Crippen molar-refractivity contribution in [1.29, 1.82) is 0 Å². The zero-order valence-corrected chi connectivity index (χ0v) is 17.3. The van der Waals surface area contributed by atoms with Crippen molar-refractivity contribution < 1.29 is 13.9 Å². The van der Waals surface area contributed by atoms with Gasteiger partial charge in [0.2, 0.25) is 5.91 Å². The molecule has 2 aromatic heterocycles. The summed E-state index contributed by atoms with van der Waals surface area (Å²) in [7, 11) is 3.60. The van der Waals surface area contributed by atoms with Gasteiger partial charge in [0.05, 0.1) is 19.1 Å². The number of carbonyl (C=O) groups is 1. The predicted octanol–water partition coefficient (Wildman–Crippen LogP) is 2.35. The van der Waals surface area contributed by atoms with Gasteiger partial charge >= 0.3 is 0 Å². The summed E-state index contributed by atoms with van der Waals surface area (Å²) in [5.74, 6) is -0.0294. The molecule has 2 aliphatic heterocycles. The third-order valence-corrected chi connectivity index (χ3v) is 6.99. The van der Waals surface area contributed by atoms with Crippen molar-refractivity contribution in [3.63, 3.8) is 0 Å². The molecule has 1 fully saturated rings. The second kappa shape index (κ2) is 7.93. The topological polar surface area (TPSA) is 50.6 Å². The molecule has 1 amide bonds. The summed E-state index contributed by atoms with van der Waals surface area (Å²) in [5, 5.41) is 4.14. The first kappa shape index (κ1) is 19.5. The lowest BCUT2D eigenvalue weighted by molar-refractivity contribution is -0.135. The molecule has 28 heavy (non-hydrogen) atoms. The van der Waals surface area contributed by atoms with E-state index in [1.54, 1.807) is 31.3 Å². The van der Waals surface area contributed by atoms with E-state index in [1.165, 1.54) is 11.3 Å². The van der Waals surface area contributed by atoms with Gasteiger partial charge in [-0.1, -0.05) is 0 Å². The summed E-state index contributed by atoms with van der Waals surface area (Å²) in [5.41, 5.74) is 0.767. The Morgan fingerprint density at radius 1 is 1.39 bits per heavy atom. The number of amides is 1. The molecule has 4 heterocycles. The molecule has 1 saturated heterocycles. The van der Waals surface area contributed by atoms with Crippen molar-refractivity contribution in [2.75, 3.05) is 40.3 Å². The number of halogens is 1. The van der Waals surface area contributed by atoms with E-state index in [2.05, 4.69) is 10.00 Å². The first-order chi connectivity index (χ1) is 13.5. The van der Waals surface area contributed by atoms with Crippen molar-refractivity contribution in [3.05, 3.63) is 40.1 Å². The van der Waals surface area contributed by atoms with Crippen LogP contribution in [-0.2, 0) is 28.1 Å². The van der Waals surface area contributed by atoms with Gasteiger partial charge in [0, 0.05) is 51.0 Å². The Balaban J connectivity index is 1.43. The summed E-state index contributed by atoms with van der Waals surface area (Å²) in [4.78, 5) is 17.8. The normalized spacial score (nSPS) is 20.1. The Bertz CT molecular complexity index is 812. The Morgan fingerprint density at radius 2 is 2.18 bits per heavy atom. The van der Waals surface area contributed by atoms with Crippen molar-refractivity contribution in [3.8, 4) is 0 Å². The highest BCUT2D eigenvalue weighted by molar-refractivity contribution is 7.10. The third kappa shape index (κ3) is 3.86. The Kier molecular flexibility index (Phi) is 5.53. The van der Waals surface area contributed by atoms with Gasteiger partial charge in [-0.25, -0.2) is 0 Å². The van der Waals surface area contributed by atoms with Crippen molar-refractivity contribution >= 4 is 17.2 Å². The fourth-order valence-corrected chi connectivity index (χ4v) is 5.52. The minimum atomic E-state index is -0.345. The van der Waals surface area contributed by atoms with Crippen LogP contribution in [0.5, 0.6) is 0 Å². The molecule has 0 saturated carbocycles. The Hall–Kier alpha value is -1.77. The van der Waals surface area contributed by atoms with E-state index in [0.717, 1.165) is 42.8 Å². The molecule has 0 bridgehead atoms. The number of hydrogen-bond donors (Lipinski definition) is 0. The number of aromatic nitrogens is 2. The van der Waals surface area contributed by atoms with Gasteiger partial charge in [0.15, 0.2) is 5.13 Å². The minimum Gasteiger partial charge on any atom is -0.369 e. The second-order valence-corrected chi connectivity index (χ2v) is 8.96. The summed E-state index contributed by atoms with van der Waals surface area (Å²) in [6.45, 7) is 3.61. The number of fused-ring (bicyclic) bond motifs is 2. The maximum Gasteiger partial charge on any atom is 0.228 e. The molecular formula is C20H27FN4O2S. The van der Waals surface area contributed by atoms with E-state index in [0.29, 0.717) is 19.7 Å². The van der Waals surface area contributed by atoms with Crippen LogP contribution in [0.25, 0.3) is 0 Å². The van der Waals surface area contributed by atoms with Crippen LogP contribution in [0.3, 0.4) is 0 Å². The summed E-state index contributed by atoms with van der Waals surface area (Å²) < 4.78 is 21.8. The van der Waals surface area contributed by atoms with Crippen LogP contribution in [0.2, 0.25) is 0 Å². The summed E-state index contributed by atoms with van der Waals surface area (Å²) in [6.07, 6.45) is 6.10. The molecule has 0 unspecified atom stereocenters. The minimum absolute atomic E-state index is 0.117. The molecule has 4 rings (SSSR count). The highest BCUT2D eigenvalue weighted by Gasteiger charge is 2.43. The maximum absolute atomic E-state index is 13.8. The second-order valence-electron chi connectivity index (χ2n) is 7.96. The van der Waals surface area contributed by atoms with E-state index in [1.807, 2.05) is 16.9 Å². The average molecular weight is 407 g/mol. The summed E-state index contributed by atoms with van der Waals surface area (Å²) in [6, 6.07) is 3.55. The molecule has 6 nitrogen and oxygen atoms in total. The van der Waals surface area contributed by atoms with E-state index in [4.69, 9.17) is 4.74 Å². The number of rotatable bonds is 5. The Labute approximate surface area is 168 Å². The third-order valence-electron chi connectivity index (χ3n) is 5.84. The molecule has 0 aliphatic carbocycles. The van der Waals surface area contributed by atoms with E-state index >= 15 is 0 Å². The standard InChI is InChI=1S/C20H27FN4O2S/c1-23(2)19(26)16(14-25-8-3-7-22-25)13-24-9-5-20(6-10-24)18-15(4-11-27-20)12-17(21)28-18/h3,7-8,12,16H,4-6,9-11,13-14H2,1-2H3/t16-/m0/s1. The van der Waals surface area contributed by atoms with E-state index in [9.17, 15) is 9.18 Å². The van der Waals surface area contributed by atoms with Gasteiger partial charge in [-0.15, -0.1) is 11.3 Å². The van der Waals surface area contributed by atoms with Crippen LogP contribution in [0, 0.1) is 11.0 Å². The van der Waals surface area contributed by atoms with Gasteiger partial charge in [0.25, 0.3) is 0 Å². The average Bonchev–Trinajstić information content (AvgIpc) is 3.32. The van der Waals surface area contributed by atoms with Crippen LogP contribution in [-0.4, -0.2) is 65.8 Å². The molecule has 2 aromatic rings. The van der Waals surface area contributed by atoms with Crippen LogP contribution >= 0.6 is 11.3 Å². The van der Waals surface area contributed by atoms with Crippen molar-refractivity contribution in [2.24, 2.45) is 5.92 Å². The number of carbonyl (C=O) groups excluding carboxylic acids is 1. The molecule has 0 radical (unpaired) electrons. The number of nitrogens with zero attached hydrogens (tertiary/aromatic N) is 4. The molecule has 152 valence electrons. The lowest BCUT2D eigenvalue weighted by Gasteiger charge is -2.44. The van der Waals surface area contributed by atoms with Crippen LogP contribution in [0.15, 0.2) is 24.5 Å². The van der Waals surface area contributed by atoms with Gasteiger partial charge < -0.3 is 14.5 Å². The predicted molar refractivity (Wildman–Crippen MR) is 106 cm³/mol. The number of hydrogen-bond acceptors (Lipinski definition) is 5. The largest absolute Gasteiger partial charge is 0.369 e. The monoisotopic (exact) mass is 406 g/mol. The molecule has 1 spiro atoms. The quantitative estimate of drug-likeness (QED) is 0.765. The molecule has 1 atom stereocenters. The fraction of sp³-hybridized carbons (Fsp3) is 0.600. The molecule has 0 N–H and O–H groups in total. The maximum atomic E-state index is 13.8. The molecular weight excluding hydrogens is 379 g/mol. The van der Waals surface area contributed by atoms with E-state index < -0.39 is 0 Å². The van der Waals surface area contributed by atoms with Crippen molar-refractivity contribution in [2.45, 2.75) is 31.4 Å². The Morgan fingerprint density at radius 3 is 2.86 bits per heavy atom. The first-order valence-electron chi connectivity index (χ1n) is 9.80. The molecule has 2 aliphatic rings. The van der Waals surface area contributed by atoms with Gasteiger partial charge in [-0.3, -0.25) is 9.48 Å². The first-order valence-corrected chi connectivity index (χ1v) is 10.6. The van der Waals surface area contributed by atoms with E-state index in [-0.39, 0.29) is 22.6 Å². The molecule has 0 aromatic carbocycles. The van der Waals surface area contributed by atoms with Crippen LogP contribution in [0.4, 0.5) is 4.39 Å². The van der Waals surface area contributed by atoms with Crippen LogP contribution in [0.1, 0.15) is 23.3 Å². The number of thiophene rings is 1. The zero-order valence-electron chi connectivity index (χ0n) is 16.4. The molecule has 8 heteroatoms. The highest BCUT2D eigenvalue weighted by atomic mass is 32.1. The number of ether oxygens (including phenoxy) is 1. The zero-order chi connectivity index (χ0) is 19.7. The summed E-state index contributed by atoms with van der Waals surface area (Å²) >= 11 is 1.24. The lowest BCUT2D eigenvalue weighted by Crippen LogP contribution is -2.49. The fourth-order valence-electron chi connectivity index (χ4n) is 4.38. The van der Waals surface area contributed by atoms with Gasteiger partial charge in [0.1, 0.15) is 5.60 Å². The van der Waals surface area contributed by atoms with Gasteiger partial charge in [-0.2, -0.15) is 9.49 Å². The highest BCUT2D eigenvalue weighted by Crippen LogP contribution is 2.45. The number of piperidine rings is 1. The van der Waals surface area contributed by atoms with Crippen LogP contribution < -0.4 is 0 Å². The smallest absolute Gasteiger partial charge is 0.228 e. The number of likely N-dealkylation sites (tertiary alicyclic amines) is 1. The lowest BCUT2D eigenvalue weighted by atomic mass is 9.85. The SMILES string of the molecule is CN(C)C(=O)[C@@H](CN1CCC2(CC1)OCCc1cc(F)sc12)Cn1cccn1. The van der Waals surface area contributed by atoms with Crippen molar-refractivity contribution in [1.82, 2.24) is 19.6 Å².